The fourth-order valence-corrected chi connectivity index (χ4v) is 2.89. The topological polar surface area (TPSA) is 50.9 Å². The van der Waals surface area contributed by atoms with Gasteiger partial charge in [-0.3, -0.25) is 0 Å². The lowest BCUT2D eigenvalue weighted by atomic mass is 9.79. The van der Waals surface area contributed by atoms with Crippen LogP contribution >= 0.6 is 11.6 Å². The van der Waals surface area contributed by atoms with Crippen LogP contribution < -0.4 is 0 Å². The number of hydrogen-bond acceptors (Lipinski definition) is 3. The molecule has 0 bridgehead atoms. The van der Waals surface area contributed by atoms with Crippen LogP contribution in [0, 0.1) is 11.8 Å². The molecule has 1 aromatic heterocycles. The highest BCUT2D eigenvalue weighted by Crippen LogP contribution is 2.46. The maximum atomic E-state index is 11.3. The zero-order valence-electron chi connectivity index (χ0n) is 11.4. The van der Waals surface area contributed by atoms with Crippen LogP contribution in [0.15, 0.2) is 36.7 Å². The second-order valence-electron chi connectivity index (χ2n) is 5.62. The lowest BCUT2D eigenvalue weighted by molar-refractivity contribution is -0.0473. The highest BCUT2D eigenvalue weighted by Gasteiger charge is 2.44. The van der Waals surface area contributed by atoms with Gasteiger partial charge in [0.1, 0.15) is 5.60 Å². The Morgan fingerprint density at radius 2 is 1.90 bits per heavy atom. The summed E-state index contributed by atoms with van der Waals surface area (Å²) in [6, 6.07) is 7.42. The number of nitrogens with zero attached hydrogens (tertiary/aromatic N) is 3. The summed E-state index contributed by atoms with van der Waals surface area (Å²) in [7, 11) is 0. The number of benzene rings is 1. The van der Waals surface area contributed by atoms with Gasteiger partial charge in [0.05, 0.1) is 18.9 Å². The van der Waals surface area contributed by atoms with E-state index in [0.29, 0.717) is 17.5 Å². The van der Waals surface area contributed by atoms with Gasteiger partial charge in [0.15, 0.2) is 0 Å². The van der Waals surface area contributed by atoms with Gasteiger partial charge in [0.25, 0.3) is 0 Å². The van der Waals surface area contributed by atoms with Gasteiger partial charge in [0, 0.05) is 5.02 Å². The molecule has 2 unspecified atom stereocenters. The van der Waals surface area contributed by atoms with Crippen molar-refractivity contribution in [3.05, 3.63) is 47.2 Å². The Morgan fingerprint density at radius 1 is 1.30 bits per heavy atom. The van der Waals surface area contributed by atoms with Crippen LogP contribution in [0.25, 0.3) is 0 Å². The van der Waals surface area contributed by atoms with Gasteiger partial charge < -0.3 is 5.11 Å². The third kappa shape index (κ3) is 2.58. The molecule has 2 aromatic rings. The Bertz CT molecular complexity index is 565. The summed E-state index contributed by atoms with van der Waals surface area (Å²) in [4.78, 5) is 1.55. The average molecular weight is 292 g/mol. The van der Waals surface area contributed by atoms with Gasteiger partial charge in [-0.1, -0.05) is 30.7 Å². The van der Waals surface area contributed by atoms with Crippen LogP contribution in [0.5, 0.6) is 0 Å². The Balaban J connectivity index is 1.95. The van der Waals surface area contributed by atoms with Crippen molar-refractivity contribution in [2.45, 2.75) is 31.9 Å². The molecule has 5 heteroatoms. The highest BCUT2D eigenvalue weighted by molar-refractivity contribution is 6.30. The second-order valence-corrected chi connectivity index (χ2v) is 6.05. The summed E-state index contributed by atoms with van der Waals surface area (Å²) >= 11 is 5.95. The zero-order chi connectivity index (χ0) is 14.2. The molecule has 0 radical (unpaired) electrons. The van der Waals surface area contributed by atoms with Crippen molar-refractivity contribution in [2.24, 2.45) is 11.8 Å². The number of hydrogen-bond donors (Lipinski definition) is 1. The smallest absolute Gasteiger partial charge is 0.114 e. The van der Waals surface area contributed by atoms with Crippen molar-refractivity contribution in [3.8, 4) is 0 Å². The van der Waals surface area contributed by atoms with Crippen molar-refractivity contribution in [3.63, 3.8) is 0 Å². The molecular formula is C15H18ClN3O. The molecule has 2 atom stereocenters. The van der Waals surface area contributed by atoms with E-state index in [1.165, 1.54) is 12.8 Å². The monoisotopic (exact) mass is 291 g/mol. The molecule has 1 aromatic carbocycles. The fraction of sp³-hybridized carbons (Fsp3) is 0.467. The first kappa shape index (κ1) is 13.6. The quantitative estimate of drug-likeness (QED) is 0.921. The Morgan fingerprint density at radius 3 is 2.45 bits per heavy atom. The van der Waals surface area contributed by atoms with Crippen LogP contribution in [-0.2, 0) is 12.1 Å². The first-order valence-electron chi connectivity index (χ1n) is 6.92. The molecule has 0 saturated heterocycles. The van der Waals surface area contributed by atoms with Crippen molar-refractivity contribution in [2.75, 3.05) is 0 Å². The van der Waals surface area contributed by atoms with Crippen LogP contribution in [0.2, 0.25) is 5.02 Å². The molecule has 0 amide bonds. The van der Waals surface area contributed by atoms with Gasteiger partial charge in [-0.15, -0.1) is 0 Å². The largest absolute Gasteiger partial charge is 0.383 e. The van der Waals surface area contributed by atoms with Gasteiger partial charge in [0.2, 0.25) is 0 Å². The second kappa shape index (κ2) is 5.19. The van der Waals surface area contributed by atoms with E-state index >= 15 is 0 Å². The van der Waals surface area contributed by atoms with E-state index in [-0.39, 0.29) is 5.92 Å². The molecule has 1 aliphatic carbocycles. The standard InChI is InChI=1S/C15H18ClN3O/c1-11(12-2-3-12)15(20,10-19-17-8-9-18-19)13-4-6-14(16)7-5-13/h4-9,11-12,20H,2-3,10H2,1H3. The molecule has 4 nitrogen and oxygen atoms in total. The molecule has 3 rings (SSSR count). The predicted molar refractivity (Wildman–Crippen MR) is 77.3 cm³/mol. The summed E-state index contributed by atoms with van der Waals surface area (Å²) in [6.45, 7) is 2.47. The molecule has 1 fully saturated rings. The molecule has 20 heavy (non-hydrogen) atoms. The number of aromatic nitrogens is 3. The predicted octanol–water partition coefficient (Wildman–Crippen LogP) is 2.87. The Kier molecular flexibility index (Phi) is 3.52. The summed E-state index contributed by atoms with van der Waals surface area (Å²) in [5.74, 6) is 0.737. The zero-order valence-corrected chi connectivity index (χ0v) is 12.2. The van der Waals surface area contributed by atoms with E-state index in [0.717, 1.165) is 5.56 Å². The molecule has 1 heterocycles. The first-order chi connectivity index (χ1) is 9.59. The molecule has 0 aliphatic heterocycles. The number of rotatable bonds is 5. The summed E-state index contributed by atoms with van der Waals surface area (Å²) in [6.07, 6.45) is 5.63. The van der Waals surface area contributed by atoms with Gasteiger partial charge in [-0.2, -0.15) is 15.0 Å². The molecule has 1 aliphatic rings. The fourth-order valence-electron chi connectivity index (χ4n) is 2.76. The van der Waals surface area contributed by atoms with E-state index in [2.05, 4.69) is 17.1 Å². The summed E-state index contributed by atoms with van der Waals surface area (Å²) in [5.41, 5.74) is -0.0938. The van der Waals surface area contributed by atoms with Crippen molar-refractivity contribution in [1.29, 1.82) is 0 Å². The maximum absolute atomic E-state index is 11.3. The van der Waals surface area contributed by atoms with Crippen LogP contribution in [0.1, 0.15) is 25.3 Å². The van der Waals surface area contributed by atoms with Crippen molar-refractivity contribution < 1.29 is 5.11 Å². The minimum Gasteiger partial charge on any atom is -0.383 e. The minimum atomic E-state index is -0.967. The first-order valence-corrected chi connectivity index (χ1v) is 7.30. The van der Waals surface area contributed by atoms with Crippen LogP contribution in [0.3, 0.4) is 0 Å². The number of aliphatic hydroxyl groups is 1. The molecule has 1 saturated carbocycles. The molecule has 106 valence electrons. The van der Waals surface area contributed by atoms with Gasteiger partial charge in [-0.25, -0.2) is 0 Å². The lowest BCUT2D eigenvalue weighted by Gasteiger charge is -2.34. The van der Waals surface area contributed by atoms with Gasteiger partial charge in [-0.05, 0) is 42.4 Å². The Labute approximate surface area is 123 Å². The third-order valence-electron chi connectivity index (χ3n) is 4.28. The maximum Gasteiger partial charge on any atom is 0.114 e. The molecule has 0 spiro atoms. The molecule has 1 N–H and O–H groups in total. The number of halogens is 1. The SMILES string of the molecule is CC(C1CC1)C(O)(Cn1nccn1)c1ccc(Cl)cc1. The summed E-state index contributed by atoms with van der Waals surface area (Å²) < 4.78 is 0. The van der Waals surface area contributed by atoms with E-state index in [1.54, 1.807) is 17.2 Å². The van der Waals surface area contributed by atoms with E-state index in [4.69, 9.17) is 11.6 Å². The lowest BCUT2D eigenvalue weighted by Crippen LogP contribution is -2.40. The van der Waals surface area contributed by atoms with Crippen LogP contribution in [-0.4, -0.2) is 20.1 Å². The van der Waals surface area contributed by atoms with Crippen molar-refractivity contribution in [1.82, 2.24) is 15.0 Å². The Hall–Kier alpha value is -1.39. The van der Waals surface area contributed by atoms with Crippen LogP contribution in [0.4, 0.5) is 0 Å². The van der Waals surface area contributed by atoms with E-state index < -0.39 is 5.60 Å². The summed E-state index contributed by atoms with van der Waals surface area (Å²) in [5, 5.41) is 20.2. The average Bonchev–Trinajstić information content (AvgIpc) is 3.17. The minimum absolute atomic E-state index is 0.162. The molecular weight excluding hydrogens is 274 g/mol. The normalized spacial score (nSPS) is 19.6. The van der Waals surface area contributed by atoms with Gasteiger partial charge >= 0.3 is 0 Å². The van der Waals surface area contributed by atoms with E-state index in [9.17, 15) is 5.11 Å². The van der Waals surface area contributed by atoms with E-state index in [1.807, 2.05) is 24.3 Å². The van der Waals surface area contributed by atoms with Crippen molar-refractivity contribution >= 4 is 11.6 Å². The third-order valence-corrected chi connectivity index (χ3v) is 4.53. The highest BCUT2D eigenvalue weighted by atomic mass is 35.5.